The number of carboxylic acid groups (broad SMARTS) is 1. The molecule has 0 fully saturated rings. The smallest absolute Gasteiger partial charge is 0.433 e. The van der Waals surface area contributed by atoms with Crippen molar-refractivity contribution in [1.29, 1.82) is 0 Å². The first-order valence-corrected chi connectivity index (χ1v) is 6.19. The number of halogens is 3. The molecule has 0 unspecified atom stereocenters. The Morgan fingerprint density at radius 1 is 1.40 bits per heavy atom. The Hall–Kier alpha value is -2.03. The lowest BCUT2D eigenvalue weighted by Crippen LogP contribution is -2.10. The first-order chi connectivity index (χ1) is 9.36. The first-order valence-electron chi connectivity index (χ1n) is 5.21. The minimum absolute atomic E-state index is 0.0507. The van der Waals surface area contributed by atoms with E-state index in [0.717, 1.165) is 6.07 Å². The fraction of sp³-hybridized carbons (Fsp3) is 0.182. The van der Waals surface area contributed by atoms with Gasteiger partial charge in [0.25, 0.3) is 0 Å². The van der Waals surface area contributed by atoms with Crippen molar-refractivity contribution in [2.45, 2.75) is 11.3 Å². The number of aliphatic carboxylic acids is 1. The molecule has 2 rings (SSSR count). The zero-order valence-electron chi connectivity index (χ0n) is 9.72. The molecule has 0 saturated heterocycles. The van der Waals surface area contributed by atoms with Crippen molar-refractivity contribution in [3.8, 4) is 11.5 Å². The molecule has 0 amide bonds. The van der Waals surface area contributed by atoms with Crippen LogP contribution in [-0.2, 0) is 11.0 Å². The van der Waals surface area contributed by atoms with Gasteiger partial charge in [0.1, 0.15) is 11.4 Å². The zero-order chi connectivity index (χ0) is 14.8. The van der Waals surface area contributed by atoms with Gasteiger partial charge in [-0.2, -0.15) is 13.2 Å². The fourth-order valence-electron chi connectivity index (χ4n) is 1.31. The van der Waals surface area contributed by atoms with Crippen LogP contribution in [0.3, 0.4) is 0 Å². The van der Waals surface area contributed by atoms with Crippen LogP contribution in [0.2, 0.25) is 0 Å². The van der Waals surface area contributed by atoms with Crippen molar-refractivity contribution in [3.05, 3.63) is 30.2 Å². The Bertz CT molecular complexity index is 614. The first kappa shape index (κ1) is 14.4. The van der Waals surface area contributed by atoms with E-state index in [4.69, 9.17) is 9.52 Å². The molecular formula is C11H7F3N2O3S. The summed E-state index contributed by atoms with van der Waals surface area (Å²) in [5, 5.41) is 8.27. The molecule has 0 saturated carbocycles. The van der Waals surface area contributed by atoms with Gasteiger partial charge >= 0.3 is 12.1 Å². The number of rotatable bonds is 4. The van der Waals surface area contributed by atoms with Gasteiger partial charge in [0, 0.05) is 0 Å². The maximum absolute atomic E-state index is 12.7. The number of nitrogens with zero attached hydrogens (tertiary/aromatic N) is 2. The van der Waals surface area contributed by atoms with Gasteiger partial charge in [-0.3, -0.25) is 4.79 Å². The fourth-order valence-corrected chi connectivity index (χ4v) is 1.89. The minimum Gasteiger partial charge on any atom is -0.481 e. The van der Waals surface area contributed by atoms with E-state index in [-0.39, 0.29) is 16.6 Å². The molecule has 0 aliphatic heterocycles. The number of carboxylic acids is 1. The molecule has 0 bridgehead atoms. The standard InChI is InChI=1S/C11H7F3N2O3S/c12-11(13,14)8-4-6(7-2-1-3-19-7)15-10(16-8)20-5-9(17)18/h1-4H,5H2,(H,17,18). The topological polar surface area (TPSA) is 76.2 Å². The van der Waals surface area contributed by atoms with Crippen LogP contribution in [0, 0.1) is 0 Å². The normalized spacial score (nSPS) is 11.6. The quantitative estimate of drug-likeness (QED) is 0.691. The van der Waals surface area contributed by atoms with Crippen LogP contribution < -0.4 is 0 Å². The number of carbonyl (C=O) groups is 1. The van der Waals surface area contributed by atoms with Crippen LogP contribution in [0.5, 0.6) is 0 Å². The molecule has 0 spiro atoms. The average Bonchev–Trinajstić information content (AvgIpc) is 2.89. The number of furan rings is 1. The highest BCUT2D eigenvalue weighted by atomic mass is 32.2. The lowest BCUT2D eigenvalue weighted by molar-refractivity contribution is -0.141. The third kappa shape index (κ3) is 3.50. The van der Waals surface area contributed by atoms with Crippen molar-refractivity contribution >= 4 is 17.7 Å². The van der Waals surface area contributed by atoms with E-state index >= 15 is 0 Å². The third-order valence-corrected chi connectivity index (χ3v) is 2.93. The molecule has 2 heterocycles. The number of hydrogen-bond donors (Lipinski definition) is 1. The Kier molecular flexibility index (Phi) is 3.98. The monoisotopic (exact) mass is 304 g/mol. The van der Waals surface area contributed by atoms with E-state index in [9.17, 15) is 18.0 Å². The molecule has 0 aromatic carbocycles. The lowest BCUT2D eigenvalue weighted by Gasteiger charge is -2.08. The number of alkyl halides is 3. The van der Waals surface area contributed by atoms with Gasteiger partial charge in [-0.05, 0) is 18.2 Å². The van der Waals surface area contributed by atoms with Gasteiger partial charge in [-0.1, -0.05) is 11.8 Å². The van der Waals surface area contributed by atoms with E-state index in [1.165, 1.54) is 18.4 Å². The Labute approximate surface area is 114 Å². The van der Waals surface area contributed by atoms with Crippen molar-refractivity contribution < 1.29 is 27.5 Å². The van der Waals surface area contributed by atoms with E-state index in [0.29, 0.717) is 11.8 Å². The van der Waals surface area contributed by atoms with Crippen molar-refractivity contribution in [2.24, 2.45) is 0 Å². The van der Waals surface area contributed by atoms with Crippen molar-refractivity contribution in [1.82, 2.24) is 9.97 Å². The van der Waals surface area contributed by atoms with E-state index in [2.05, 4.69) is 9.97 Å². The number of hydrogen-bond acceptors (Lipinski definition) is 5. The van der Waals surface area contributed by atoms with Crippen LogP contribution in [0.25, 0.3) is 11.5 Å². The molecule has 0 aliphatic carbocycles. The predicted molar refractivity (Wildman–Crippen MR) is 63.1 cm³/mol. The highest BCUT2D eigenvalue weighted by Crippen LogP contribution is 2.32. The Morgan fingerprint density at radius 2 is 2.15 bits per heavy atom. The molecule has 0 atom stereocenters. The van der Waals surface area contributed by atoms with Gasteiger partial charge < -0.3 is 9.52 Å². The Balaban J connectivity index is 2.42. The Morgan fingerprint density at radius 3 is 2.70 bits per heavy atom. The predicted octanol–water partition coefficient (Wildman–Crippen LogP) is 2.93. The third-order valence-electron chi connectivity index (χ3n) is 2.09. The average molecular weight is 304 g/mol. The molecular weight excluding hydrogens is 297 g/mol. The van der Waals surface area contributed by atoms with E-state index < -0.39 is 23.6 Å². The lowest BCUT2D eigenvalue weighted by atomic mass is 10.2. The molecule has 0 aliphatic rings. The summed E-state index contributed by atoms with van der Waals surface area (Å²) in [6, 6.07) is 3.71. The highest BCUT2D eigenvalue weighted by Gasteiger charge is 2.34. The van der Waals surface area contributed by atoms with E-state index in [1.807, 2.05) is 0 Å². The summed E-state index contributed by atoms with van der Waals surface area (Å²) in [5.41, 5.74) is -1.20. The molecule has 2 aromatic heterocycles. The van der Waals surface area contributed by atoms with Crippen LogP contribution in [-0.4, -0.2) is 26.8 Å². The summed E-state index contributed by atoms with van der Waals surface area (Å²) in [5.74, 6) is -1.45. The van der Waals surface area contributed by atoms with Crippen molar-refractivity contribution in [3.63, 3.8) is 0 Å². The summed E-state index contributed by atoms with van der Waals surface area (Å²) in [6.45, 7) is 0. The summed E-state index contributed by atoms with van der Waals surface area (Å²) < 4.78 is 43.2. The largest absolute Gasteiger partial charge is 0.481 e. The number of aromatic nitrogens is 2. The molecule has 106 valence electrons. The van der Waals surface area contributed by atoms with Gasteiger partial charge in [-0.15, -0.1) is 0 Å². The molecule has 5 nitrogen and oxygen atoms in total. The second-order valence-electron chi connectivity index (χ2n) is 3.58. The van der Waals surface area contributed by atoms with Gasteiger partial charge in [-0.25, -0.2) is 9.97 Å². The van der Waals surface area contributed by atoms with Crippen LogP contribution >= 0.6 is 11.8 Å². The maximum Gasteiger partial charge on any atom is 0.433 e. The van der Waals surface area contributed by atoms with Gasteiger partial charge in [0.15, 0.2) is 10.9 Å². The van der Waals surface area contributed by atoms with Crippen molar-refractivity contribution in [2.75, 3.05) is 5.75 Å². The van der Waals surface area contributed by atoms with Crippen LogP contribution in [0.1, 0.15) is 5.69 Å². The molecule has 20 heavy (non-hydrogen) atoms. The second kappa shape index (κ2) is 5.53. The molecule has 1 N–H and O–H groups in total. The minimum atomic E-state index is -4.65. The molecule has 9 heteroatoms. The number of thioether (sulfide) groups is 1. The summed E-state index contributed by atoms with van der Waals surface area (Å²) in [4.78, 5) is 17.6. The van der Waals surface area contributed by atoms with Crippen LogP contribution in [0.15, 0.2) is 34.0 Å². The molecule has 0 radical (unpaired) electrons. The summed E-state index contributed by atoms with van der Waals surface area (Å²) in [6.07, 6.45) is -3.35. The summed E-state index contributed by atoms with van der Waals surface area (Å²) in [7, 11) is 0. The summed E-state index contributed by atoms with van der Waals surface area (Å²) >= 11 is 0.607. The second-order valence-corrected chi connectivity index (χ2v) is 4.52. The molecule has 2 aromatic rings. The SMILES string of the molecule is O=C(O)CSc1nc(-c2ccco2)cc(C(F)(F)F)n1. The van der Waals surface area contributed by atoms with Crippen LogP contribution in [0.4, 0.5) is 13.2 Å². The maximum atomic E-state index is 12.7. The van der Waals surface area contributed by atoms with E-state index in [1.54, 1.807) is 0 Å². The zero-order valence-corrected chi connectivity index (χ0v) is 10.5. The van der Waals surface area contributed by atoms with Gasteiger partial charge in [0.05, 0.1) is 12.0 Å². The van der Waals surface area contributed by atoms with Gasteiger partial charge in [0.2, 0.25) is 0 Å². The highest BCUT2D eigenvalue weighted by molar-refractivity contribution is 7.99.